The number of benzene rings is 1. The van der Waals surface area contributed by atoms with Gasteiger partial charge in [-0.25, -0.2) is 0 Å². The molecule has 0 radical (unpaired) electrons. The Hall–Kier alpha value is -0.860. The van der Waals surface area contributed by atoms with E-state index in [1.165, 1.54) is 50.6 Å². The second-order valence-corrected chi connectivity index (χ2v) is 7.44. The molecule has 4 rings (SSSR count). The van der Waals surface area contributed by atoms with E-state index in [4.69, 9.17) is 4.74 Å². The van der Waals surface area contributed by atoms with Crippen molar-refractivity contribution in [1.82, 2.24) is 4.90 Å². The van der Waals surface area contributed by atoms with Crippen LogP contribution in [-0.2, 0) is 23.2 Å². The first-order valence-electron chi connectivity index (χ1n) is 8.56. The van der Waals surface area contributed by atoms with E-state index < -0.39 is 0 Å². The lowest BCUT2D eigenvalue weighted by atomic mass is 9.52. The Kier molecular flexibility index (Phi) is 3.35. The first-order chi connectivity index (χ1) is 10.2. The molecule has 0 amide bonds. The number of piperidine rings is 1. The van der Waals surface area contributed by atoms with Crippen LogP contribution in [-0.4, -0.2) is 31.6 Å². The zero-order valence-electron chi connectivity index (χ0n) is 13.4. The molecule has 1 saturated carbocycles. The SMILES string of the molecule is COCc1ccc2c(c1)[C@]13CCCC[C@@H]1[C@H](C2)N(C)CC3. The van der Waals surface area contributed by atoms with E-state index in [1.54, 1.807) is 18.2 Å². The van der Waals surface area contributed by atoms with Crippen molar-refractivity contribution in [2.75, 3.05) is 20.7 Å². The minimum absolute atomic E-state index is 0.479. The van der Waals surface area contributed by atoms with Crippen LogP contribution in [0.4, 0.5) is 0 Å². The summed E-state index contributed by atoms with van der Waals surface area (Å²) in [6.07, 6.45) is 8.30. The van der Waals surface area contributed by atoms with Crippen molar-refractivity contribution in [2.24, 2.45) is 5.92 Å². The van der Waals surface area contributed by atoms with Crippen molar-refractivity contribution in [1.29, 1.82) is 0 Å². The third-order valence-corrected chi connectivity index (χ3v) is 6.49. The molecule has 0 spiro atoms. The van der Waals surface area contributed by atoms with Crippen molar-refractivity contribution in [3.63, 3.8) is 0 Å². The fraction of sp³-hybridized carbons (Fsp3) is 0.684. The lowest BCUT2D eigenvalue weighted by Crippen LogP contribution is -2.59. The third kappa shape index (κ3) is 1.99. The molecule has 0 N–H and O–H groups in total. The van der Waals surface area contributed by atoms with Gasteiger partial charge in [-0.1, -0.05) is 31.0 Å². The van der Waals surface area contributed by atoms with Crippen LogP contribution in [0.25, 0.3) is 0 Å². The zero-order chi connectivity index (χ0) is 14.4. The molecule has 0 aromatic heterocycles. The number of methoxy groups -OCH3 is 1. The number of nitrogens with zero attached hydrogens (tertiary/aromatic N) is 1. The third-order valence-electron chi connectivity index (χ3n) is 6.49. The van der Waals surface area contributed by atoms with Crippen LogP contribution in [0.15, 0.2) is 18.2 Å². The highest BCUT2D eigenvalue weighted by molar-refractivity contribution is 5.43. The lowest BCUT2D eigenvalue weighted by molar-refractivity contribution is 0.00273. The van der Waals surface area contributed by atoms with Gasteiger partial charge in [0, 0.05) is 18.6 Å². The number of hydrogen-bond acceptors (Lipinski definition) is 2. The molecule has 1 saturated heterocycles. The average molecular weight is 285 g/mol. The number of likely N-dealkylation sites (N-methyl/N-ethyl adjacent to an activating group) is 1. The molecule has 3 aliphatic rings. The summed E-state index contributed by atoms with van der Waals surface area (Å²) in [5, 5.41) is 0. The normalized spacial score (nSPS) is 35.1. The Morgan fingerprint density at radius 1 is 1.29 bits per heavy atom. The highest BCUT2D eigenvalue weighted by Gasteiger charge is 2.52. The molecule has 2 bridgehead atoms. The number of likely N-dealkylation sites (tertiary alicyclic amines) is 1. The Balaban J connectivity index is 1.83. The highest BCUT2D eigenvalue weighted by atomic mass is 16.5. The summed E-state index contributed by atoms with van der Waals surface area (Å²) in [4.78, 5) is 2.64. The summed E-state index contributed by atoms with van der Waals surface area (Å²) in [5.74, 6) is 0.885. The molecular weight excluding hydrogens is 258 g/mol. The Labute approximate surface area is 128 Å². The smallest absolute Gasteiger partial charge is 0.0713 e. The standard InChI is InChI=1S/C19H27NO/c1-20-10-9-19-8-4-3-5-16(19)18(20)12-15-7-6-14(13-21-2)11-17(15)19/h6-7,11,16,18H,3-5,8-10,12-13H2,1-2H3/t16-,18+,19+/m1/s1. The maximum atomic E-state index is 5.37. The van der Waals surface area contributed by atoms with Gasteiger partial charge in [-0.05, 0) is 61.9 Å². The molecule has 2 nitrogen and oxygen atoms in total. The van der Waals surface area contributed by atoms with Crippen molar-refractivity contribution >= 4 is 0 Å². The van der Waals surface area contributed by atoms with Gasteiger partial charge in [-0.15, -0.1) is 0 Å². The molecule has 0 unspecified atom stereocenters. The van der Waals surface area contributed by atoms with Crippen LogP contribution in [0.2, 0.25) is 0 Å². The monoisotopic (exact) mass is 285 g/mol. The average Bonchev–Trinajstić information content (AvgIpc) is 2.52. The topological polar surface area (TPSA) is 12.5 Å². The van der Waals surface area contributed by atoms with Gasteiger partial charge >= 0.3 is 0 Å². The van der Waals surface area contributed by atoms with Crippen LogP contribution in [0.3, 0.4) is 0 Å². The van der Waals surface area contributed by atoms with E-state index in [2.05, 4.69) is 30.1 Å². The largest absolute Gasteiger partial charge is 0.380 e. The van der Waals surface area contributed by atoms with E-state index in [1.807, 2.05) is 0 Å². The molecule has 3 atom stereocenters. The number of hydrogen-bond donors (Lipinski definition) is 0. The molecule has 1 aromatic carbocycles. The molecule has 1 aliphatic heterocycles. The van der Waals surface area contributed by atoms with E-state index in [0.29, 0.717) is 5.41 Å². The predicted octanol–water partition coefficient (Wildman–Crippen LogP) is 3.52. The molecular formula is C19H27NO. The fourth-order valence-corrected chi connectivity index (χ4v) is 5.50. The molecule has 2 aliphatic carbocycles. The van der Waals surface area contributed by atoms with Crippen molar-refractivity contribution in [3.8, 4) is 0 Å². The minimum atomic E-state index is 0.479. The van der Waals surface area contributed by atoms with E-state index in [9.17, 15) is 0 Å². The Morgan fingerprint density at radius 2 is 2.19 bits per heavy atom. The van der Waals surface area contributed by atoms with Gasteiger partial charge in [0.25, 0.3) is 0 Å². The lowest BCUT2D eigenvalue weighted by Gasteiger charge is -2.58. The first kappa shape index (κ1) is 13.8. The maximum Gasteiger partial charge on any atom is 0.0713 e. The minimum Gasteiger partial charge on any atom is -0.380 e. The molecule has 1 heterocycles. The number of ether oxygens (including phenoxy) is 1. The van der Waals surface area contributed by atoms with Crippen LogP contribution in [0.1, 0.15) is 48.8 Å². The maximum absolute atomic E-state index is 5.37. The van der Waals surface area contributed by atoms with Gasteiger partial charge in [0.2, 0.25) is 0 Å². The van der Waals surface area contributed by atoms with Gasteiger partial charge in [0.1, 0.15) is 0 Å². The van der Waals surface area contributed by atoms with Crippen molar-refractivity contribution < 1.29 is 4.74 Å². The molecule has 21 heavy (non-hydrogen) atoms. The van der Waals surface area contributed by atoms with E-state index >= 15 is 0 Å². The van der Waals surface area contributed by atoms with Gasteiger partial charge in [-0.2, -0.15) is 0 Å². The second kappa shape index (κ2) is 5.10. The zero-order valence-corrected chi connectivity index (χ0v) is 13.4. The van der Waals surface area contributed by atoms with E-state index in [-0.39, 0.29) is 0 Å². The van der Waals surface area contributed by atoms with Gasteiger partial charge in [-0.3, -0.25) is 0 Å². The van der Waals surface area contributed by atoms with Gasteiger partial charge in [0.05, 0.1) is 6.61 Å². The summed E-state index contributed by atoms with van der Waals surface area (Å²) in [6, 6.07) is 7.93. The summed E-state index contributed by atoms with van der Waals surface area (Å²) >= 11 is 0. The summed E-state index contributed by atoms with van der Waals surface area (Å²) in [6.45, 7) is 2.02. The fourth-order valence-electron chi connectivity index (χ4n) is 5.50. The van der Waals surface area contributed by atoms with Crippen LogP contribution >= 0.6 is 0 Å². The molecule has 2 heteroatoms. The van der Waals surface area contributed by atoms with Crippen LogP contribution < -0.4 is 0 Å². The number of rotatable bonds is 2. The molecule has 2 fully saturated rings. The van der Waals surface area contributed by atoms with Gasteiger partial charge in [0.15, 0.2) is 0 Å². The Morgan fingerprint density at radius 3 is 3.05 bits per heavy atom. The number of fused-ring (bicyclic) bond motifs is 1. The first-order valence-corrected chi connectivity index (χ1v) is 8.56. The predicted molar refractivity (Wildman–Crippen MR) is 85.5 cm³/mol. The van der Waals surface area contributed by atoms with Crippen LogP contribution in [0.5, 0.6) is 0 Å². The van der Waals surface area contributed by atoms with Crippen LogP contribution in [0, 0.1) is 5.92 Å². The van der Waals surface area contributed by atoms with Gasteiger partial charge < -0.3 is 9.64 Å². The summed E-state index contributed by atoms with van der Waals surface area (Å²) < 4.78 is 5.37. The van der Waals surface area contributed by atoms with E-state index in [0.717, 1.165) is 18.6 Å². The van der Waals surface area contributed by atoms with Crippen molar-refractivity contribution in [3.05, 3.63) is 34.9 Å². The highest BCUT2D eigenvalue weighted by Crippen LogP contribution is 2.55. The Bertz CT molecular complexity index is 540. The van der Waals surface area contributed by atoms with Crippen molar-refractivity contribution in [2.45, 2.75) is 56.6 Å². The molecule has 114 valence electrons. The molecule has 1 aromatic rings. The summed E-state index contributed by atoms with van der Waals surface area (Å²) in [7, 11) is 4.14. The summed E-state index contributed by atoms with van der Waals surface area (Å²) in [5.41, 5.74) is 5.13. The second-order valence-electron chi connectivity index (χ2n) is 7.44. The quantitative estimate of drug-likeness (QED) is 0.824.